The van der Waals surface area contributed by atoms with Crippen molar-refractivity contribution in [2.24, 2.45) is 0 Å². The van der Waals surface area contributed by atoms with Gasteiger partial charge in [-0.2, -0.15) is 0 Å². The van der Waals surface area contributed by atoms with E-state index in [1.807, 2.05) is 0 Å². The molecule has 0 aliphatic rings. The van der Waals surface area contributed by atoms with E-state index in [4.69, 9.17) is 16.6 Å². The van der Waals surface area contributed by atoms with Crippen LogP contribution >= 0.6 is 0 Å². The summed E-state index contributed by atoms with van der Waals surface area (Å²) < 4.78 is 0. The number of allylic oxidation sites excluding steroid dienone is 2. The van der Waals surface area contributed by atoms with E-state index in [1.54, 1.807) is 18.2 Å². The molecule has 2 heteroatoms. The molecule has 1 atom stereocenters. The van der Waals surface area contributed by atoms with Crippen LogP contribution in [0.2, 0.25) is 0 Å². The Labute approximate surface area is 60.5 Å². The fourth-order valence-electron chi connectivity index (χ4n) is 0.364. The lowest BCUT2D eigenvalue weighted by atomic mass is 10.3. The molecule has 0 spiro atoms. The molecule has 54 valence electrons. The molecule has 10 heavy (non-hydrogen) atoms. The van der Waals surface area contributed by atoms with Crippen LogP contribution in [0.15, 0.2) is 24.3 Å². The first-order chi connectivity index (χ1) is 4.81. The Bertz CT molecular complexity index is 163. The van der Waals surface area contributed by atoms with Crippen molar-refractivity contribution < 1.29 is 10.2 Å². The van der Waals surface area contributed by atoms with E-state index in [-0.39, 0.29) is 6.61 Å². The van der Waals surface area contributed by atoms with Gasteiger partial charge < -0.3 is 10.2 Å². The minimum absolute atomic E-state index is 0.00348. The summed E-state index contributed by atoms with van der Waals surface area (Å²) >= 11 is 0. The third-order valence-electron chi connectivity index (χ3n) is 0.817. The first-order valence-corrected chi connectivity index (χ1v) is 2.89. The molecule has 0 heterocycles. The second-order valence-electron chi connectivity index (χ2n) is 1.61. The molecule has 0 saturated carbocycles. The monoisotopic (exact) mass is 138 g/mol. The van der Waals surface area contributed by atoms with Crippen LogP contribution in [0.4, 0.5) is 0 Å². The minimum Gasteiger partial charge on any atom is -0.392 e. The van der Waals surface area contributed by atoms with E-state index in [9.17, 15) is 0 Å². The van der Waals surface area contributed by atoms with E-state index >= 15 is 0 Å². The highest BCUT2D eigenvalue weighted by Gasteiger charge is 1.84. The normalized spacial score (nSPS) is 14.1. The standard InChI is InChI=1S/C8H10O2/c1-2-8(10)6-4-3-5-7-9/h1,3-6,8-10H,7H2/b5-3+,6-4+. The fourth-order valence-corrected chi connectivity index (χ4v) is 0.364. The van der Waals surface area contributed by atoms with Crippen LogP contribution in [0.1, 0.15) is 0 Å². The molecule has 0 rings (SSSR count). The van der Waals surface area contributed by atoms with Gasteiger partial charge in [0.1, 0.15) is 6.10 Å². The number of hydrogen-bond donors (Lipinski definition) is 2. The Morgan fingerprint density at radius 3 is 2.70 bits per heavy atom. The Hall–Kier alpha value is -1.04. The van der Waals surface area contributed by atoms with Gasteiger partial charge in [-0.25, -0.2) is 0 Å². The smallest absolute Gasteiger partial charge is 0.133 e. The Morgan fingerprint density at radius 1 is 1.50 bits per heavy atom. The van der Waals surface area contributed by atoms with Crippen molar-refractivity contribution in [3.05, 3.63) is 24.3 Å². The predicted molar refractivity (Wildman–Crippen MR) is 40.2 cm³/mol. The van der Waals surface area contributed by atoms with Crippen LogP contribution in [0.5, 0.6) is 0 Å². The average Bonchev–Trinajstić information content (AvgIpc) is 1.98. The summed E-state index contributed by atoms with van der Waals surface area (Å²) in [5, 5.41) is 17.0. The maximum atomic E-state index is 8.74. The second-order valence-corrected chi connectivity index (χ2v) is 1.61. The fraction of sp³-hybridized carbons (Fsp3) is 0.250. The largest absolute Gasteiger partial charge is 0.392 e. The van der Waals surface area contributed by atoms with E-state index in [1.165, 1.54) is 6.08 Å². The molecule has 0 fully saturated rings. The summed E-state index contributed by atoms with van der Waals surface area (Å²) in [6.07, 6.45) is 10.2. The van der Waals surface area contributed by atoms with Crippen LogP contribution in [-0.2, 0) is 0 Å². The summed E-state index contributed by atoms with van der Waals surface area (Å²) in [5.41, 5.74) is 0. The minimum atomic E-state index is -0.830. The number of hydrogen-bond acceptors (Lipinski definition) is 2. The van der Waals surface area contributed by atoms with Gasteiger partial charge >= 0.3 is 0 Å². The average molecular weight is 138 g/mol. The molecular weight excluding hydrogens is 128 g/mol. The van der Waals surface area contributed by atoms with Crippen molar-refractivity contribution in [3.63, 3.8) is 0 Å². The molecular formula is C8H10O2. The molecule has 0 aliphatic heterocycles. The van der Waals surface area contributed by atoms with Crippen molar-refractivity contribution >= 4 is 0 Å². The molecule has 0 bridgehead atoms. The molecule has 0 aromatic rings. The number of rotatable bonds is 3. The van der Waals surface area contributed by atoms with Gasteiger partial charge in [0.05, 0.1) is 6.61 Å². The van der Waals surface area contributed by atoms with Crippen LogP contribution in [0.3, 0.4) is 0 Å². The predicted octanol–water partition coefficient (Wildman–Crippen LogP) is 0.0852. The second kappa shape index (κ2) is 6.09. The zero-order valence-electron chi connectivity index (χ0n) is 5.57. The molecule has 0 aliphatic carbocycles. The first kappa shape index (κ1) is 8.96. The number of terminal acetylenes is 1. The van der Waals surface area contributed by atoms with Gasteiger partial charge in [-0.1, -0.05) is 24.1 Å². The Morgan fingerprint density at radius 2 is 2.20 bits per heavy atom. The summed E-state index contributed by atoms with van der Waals surface area (Å²) in [6, 6.07) is 0. The van der Waals surface area contributed by atoms with E-state index in [2.05, 4.69) is 5.92 Å². The van der Waals surface area contributed by atoms with Crippen LogP contribution < -0.4 is 0 Å². The summed E-state index contributed by atoms with van der Waals surface area (Å²) in [6.45, 7) is -0.00348. The maximum absolute atomic E-state index is 8.74. The van der Waals surface area contributed by atoms with Crippen molar-refractivity contribution in [1.82, 2.24) is 0 Å². The lowest BCUT2D eigenvalue weighted by molar-refractivity contribution is 0.281. The Balaban J connectivity index is 3.57. The summed E-state index contributed by atoms with van der Waals surface area (Å²) in [7, 11) is 0. The summed E-state index contributed by atoms with van der Waals surface area (Å²) in [5.74, 6) is 2.11. The van der Waals surface area contributed by atoms with Crippen LogP contribution in [0.25, 0.3) is 0 Å². The van der Waals surface area contributed by atoms with Gasteiger partial charge in [-0.05, 0) is 6.08 Å². The molecule has 0 amide bonds. The third-order valence-corrected chi connectivity index (χ3v) is 0.817. The highest BCUT2D eigenvalue weighted by molar-refractivity contribution is 5.12. The quantitative estimate of drug-likeness (QED) is 0.428. The number of aliphatic hydroxyl groups is 2. The van der Waals surface area contributed by atoms with Gasteiger partial charge in [-0.3, -0.25) is 0 Å². The van der Waals surface area contributed by atoms with Crippen molar-refractivity contribution in [3.8, 4) is 12.3 Å². The van der Waals surface area contributed by atoms with Gasteiger partial charge in [0.25, 0.3) is 0 Å². The molecule has 1 unspecified atom stereocenters. The molecule has 0 aromatic carbocycles. The lowest BCUT2D eigenvalue weighted by Crippen LogP contribution is -1.94. The molecule has 0 aromatic heterocycles. The van der Waals surface area contributed by atoms with Gasteiger partial charge in [0, 0.05) is 0 Å². The van der Waals surface area contributed by atoms with Crippen molar-refractivity contribution in [2.75, 3.05) is 6.61 Å². The van der Waals surface area contributed by atoms with Gasteiger partial charge in [-0.15, -0.1) is 6.42 Å². The van der Waals surface area contributed by atoms with Crippen molar-refractivity contribution in [1.29, 1.82) is 0 Å². The molecule has 0 saturated heterocycles. The first-order valence-electron chi connectivity index (χ1n) is 2.89. The van der Waals surface area contributed by atoms with Crippen LogP contribution in [-0.4, -0.2) is 22.9 Å². The van der Waals surface area contributed by atoms with Crippen LogP contribution in [0, 0.1) is 12.3 Å². The maximum Gasteiger partial charge on any atom is 0.133 e. The SMILES string of the molecule is C#CC(O)/C=C/C=C/CO. The third kappa shape index (κ3) is 5.10. The van der Waals surface area contributed by atoms with E-state index in [0.717, 1.165) is 0 Å². The van der Waals surface area contributed by atoms with Crippen molar-refractivity contribution in [2.45, 2.75) is 6.10 Å². The van der Waals surface area contributed by atoms with Gasteiger partial charge in [0.15, 0.2) is 0 Å². The Kier molecular flexibility index (Phi) is 5.45. The number of aliphatic hydroxyl groups excluding tert-OH is 2. The summed E-state index contributed by atoms with van der Waals surface area (Å²) in [4.78, 5) is 0. The molecule has 0 radical (unpaired) electrons. The topological polar surface area (TPSA) is 40.5 Å². The van der Waals surface area contributed by atoms with E-state index < -0.39 is 6.10 Å². The molecule has 2 nitrogen and oxygen atoms in total. The zero-order valence-corrected chi connectivity index (χ0v) is 5.57. The zero-order chi connectivity index (χ0) is 7.82. The highest BCUT2D eigenvalue weighted by Crippen LogP contribution is 1.83. The van der Waals surface area contributed by atoms with Gasteiger partial charge in [0.2, 0.25) is 0 Å². The lowest BCUT2D eigenvalue weighted by Gasteiger charge is -1.88. The molecule has 2 N–H and O–H groups in total. The highest BCUT2D eigenvalue weighted by atomic mass is 16.3. The van der Waals surface area contributed by atoms with E-state index in [0.29, 0.717) is 0 Å².